The van der Waals surface area contributed by atoms with Crippen LogP contribution in [-0.2, 0) is 92.5 Å². The van der Waals surface area contributed by atoms with Crippen molar-refractivity contribution in [1.82, 2.24) is 19.9 Å². The molecule has 0 spiro atoms. The smallest absolute Gasteiger partial charge is 0.741 e. The minimum atomic E-state index is -6.09. The number of anilines is 2. The molecule has 2 N–H and O–H groups in total. The summed E-state index contributed by atoms with van der Waals surface area (Å²) >= 11 is 28.6. The number of hydrogen-bond acceptors (Lipinski definition) is 20. The number of nitrogens with zero attached hydrogens (tertiary/aromatic N) is 6. The van der Waals surface area contributed by atoms with Gasteiger partial charge in [0.05, 0.1) is 97.8 Å². The van der Waals surface area contributed by atoms with E-state index in [4.69, 9.17) is 151 Å². The Morgan fingerprint density at radius 3 is 0.660 bits per heavy atom. The van der Waals surface area contributed by atoms with E-state index in [0.29, 0.717) is 13.1 Å². The average Bonchev–Trinajstić information content (AvgIpc) is 0.749. The van der Waals surface area contributed by atoms with E-state index in [1.807, 2.05) is 24.6 Å². The van der Waals surface area contributed by atoms with E-state index >= 15 is 0 Å². The Labute approximate surface area is 887 Å². The van der Waals surface area contributed by atoms with Gasteiger partial charge in [-0.25, -0.2) is 43.6 Å². The molecule has 0 unspecified atom stereocenters. The molecule has 0 aliphatic carbocycles. The summed E-state index contributed by atoms with van der Waals surface area (Å²) < 4.78 is 236. The minimum absolute atomic E-state index is 0. The van der Waals surface area contributed by atoms with Gasteiger partial charge in [0.15, 0.2) is 40.5 Å². The van der Waals surface area contributed by atoms with E-state index in [1.54, 1.807) is 0 Å². The zero-order valence-electron chi connectivity index (χ0n) is 75.5. The molecule has 20 nitrogen and oxygen atoms in total. The van der Waals surface area contributed by atoms with Gasteiger partial charge < -0.3 is 28.8 Å². The first-order valence-electron chi connectivity index (χ1n) is 42.0. The van der Waals surface area contributed by atoms with Gasteiger partial charge in [0.2, 0.25) is 0 Å². The Morgan fingerprint density at radius 2 is 0.422 bits per heavy atom. The van der Waals surface area contributed by atoms with Crippen molar-refractivity contribution in [2.24, 2.45) is 9.98 Å². The standard InChI is InChI=1S/2C48H32N4.3CH2Cl2.4CHF3O3S.2Zn/c2*1-5-13-39-31(9-1)23-27-43(49-29-37-25-21-35-19-17-33-11-3-7-15-41(33)47(35)51-37)45(39)46-40-14-6-2-10-32(40)24-28-44(46)50-30-38-26-22-36-20-18-34-12-4-8-16-42(34)48(36)52-38;3*2-1-3;4*2-1(3,4)8(5,6)7;;/h2*1-29,50H,30H2;3*1H2;4*(H,5,6,7);;/q;;;;;;;;;2*+2/p-4. The largest absolute Gasteiger partial charge is 2.00 e. The van der Waals surface area contributed by atoms with Crippen LogP contribution < -0.4 is 10.6 Å². The number of aliphatic imine (C=N–C) groups is 2. The number of hydrogen-bond donors (Lipinski definition) is 2. The number of fused-ring (bicyclic) bond motifs is 16. The summed E-state index contributed by atoms with van der Waals surface area (Å²) in [6.45, 7) is 1.14. The summed E-state index contributed by atoms with van der Waals surface area (Å²) in [6, 6.07) is 120. The molecular formula is C103H70Cl6F12N8O12S4Zn2. The number of alkyl halides is 18. The summed E-state index contributed by atoms with van der Waals surface area (Å²) in [5, 5.41) is 31.3. The normalized spacial score (nSPS) is 11.8. The Hall–Kier alpha value is -12.0. The van der Waals surface area contributed by atoms with Crippen LogP contribution in [0.25, 0.3) is 152 Å². The van der Waals surface area contributed by atoms with Crippen LogP contribution in [0.1, 0.15) is 22.8 Å². The van der Waals surface area contributed by atoms with Crippen molar-refractivity contribution < 1.29 is 144 Å². The van der Waals surface area contributed by atoms with Crippen molar-refractivity contribution in [3.05, 3.63) is 362 Å². The maximum Gasteiger partial charge on any atom is 2.00 e. The SMILES string of the molecule is C(=Nc1ccc2ccccc2c1-c1c(NCc2ccc3ccc4ccccc4c3n2)ccc2ccccc12)c1ccc2ccc3ccccc3c2n1.C(=Nc1ccc2ccccc2c1-c1c(NCc2ccc3ccc4ccccc4c3n2)ccc2ccccc12)c1ccc2ccc3ccccc3c2n1.ClCCl.ClCCl.ClCCl.O=S(=O)([O-])C(F)(F)F.O=S(=O)([O-])C(F)(F)F.O=S(=O)([O-])C(F)(F)F.O=S(=O)([O-])C(F)(F)F.[Zn+2].[Zn+2]. The van der Waals surface area contributed by atoms with Crippen molar-refractivity contribution in [2.45, 2.75) is 35.1 Å². The predicted molar refractivity (Wildman–Crippen MR) is 553 cm³/mol. The number of benzene rings is 16. The molecule has 0 bridgehead atoms. The van der Waals surface area contributed by atoms with E-state index in [-0.39, 0.29) is 55.0 Å². The molecule has 0 radical (unpaired) electrons. The van der Waals surface area contributed by atoms with Gasteiger partial charge in [-0.3, -0.25) is 20.0 Å². The fourth-order valence-corrected chi connectivity index (χ4v) is 15.2. The summed E-state index contributed by atoms with van der Waals surface area (Å²) in [4.78, 5) is 30.9. The molecule has 0 aliphatic rings. The molecule has 0 amide bonds. The molecule has 44 heteroatoms. The second kappa shape index (κ2) is 51.3. The van der Waals surface area contributed by atoms with Crippen molar-refractivity contribution in [3.63, 3.8) is 0 Å². The van der Waals surface area contributed by atoms with E-state index < -0.39 is 62.5 Å². The molecular weight excluding hydrogens is 2240 g/mol. The number of nitrogens with one attached hydrogen (secondary N) is 2. The van der Waals surface area contributed by atoms with Crippen LogP contribution in [-0.4, -0.2) is 122 Å². The van der Waals surface area contributed by atoms with Gasteiger partial charge in [-0.2, -0.15) is 52.7 Å². The fourth-order valence-electron chi connectivity index (χ4n) is 15.2. The Bertz CT molecular complexity index is 8150. The Balaban J connectivity index is 0.000000217. The first-order valence-corrected chi connectivity index (χ1v) is 50.8. The summed E-state index contributed by atoms with van der Waals surface area (Å²) in [7, 11) is -24.4. The van der Waals surface area contributed by atoms with Crippen LogP contribution in [0.2, 0.25) is 0 Å². The first kappa shape index (κ1) is 117. The van der Waals surface area contributed by atoms with Gasteiger partial charge >= 0.3 is 61.0 Å². The van der Waals surface area contributed by atoms with Gasteiger partial charge in [-0.1, -0.05) is 291 Å². The van der Waals surface area contributed by atoms with E-state index in [0.717, 1.165) is 154 Å². The molecule has 748 valence electrons. The van der Waals surface area contributed by atoms with Crippen LogP contribution in [0.4, 0.5) is 75.4 Å². The van der Waals surface area contributed by atoms with Gasteiger partial charge in [0.25, 0.3) is 0 Å². The first-order chi connectivity index (χ1) is 68.8. The van der Waals surface area contributed by atoms with E-state index in [2.05, 4.69) is 338 Å². The quantitative estimate of drug-likeness (QED) is 0.0218. The molecule has 20 rings (SSSR count). The molecule has 0 aliphatic heterocycles. The average molecular weight is 2310 g/mol. The maximum atomic E-state index is 10.7. The van der Waals surface area contributed by atoms with Gasteiger partial charge in [0.1, 0.15) is 0 Å². The third kappa shape index (κ3) is 29.8. The molecule has 0 saturated heterocycles. The molecule has 16 aromatic carbocycles. The van der Waals surface area contributed by atoms with Crippen LogP contribution in [0.5, 0.6) is 0 Å². The Morgan fingerprint density at radius 1 is 0.245 bits per heavy atom. The molecule has 0 saturated carbocycles. The third-order valence-electron chi connectivity index (χ3n) is 21.4. The summed E-state index contributed by atoms with van der Waals surface area (Å²) in [6.07, 6.45) is 3.80. The monoisotopic (exact) mass is 2300 g/mol. The van der Waals surface area contributed by atoms with Gasteiger partial charge in [-0.05, 0) is 113 Å². The number of halogens is 18. The summed E-state index contributed by atoms with van der Waals surface area (Å²) in [5.74, 6) is 0. The van der Waals surface area contributed by atoms with Gasteiger partial charge in [0, 0.05) is 76.7 Å². The van der Waals surface area contributed by atoms with Gasteiger partial charge in [-0.15, -0.1) is 69.6 Å². The van der Waals surface area contributed by atoms with E-state index in [9.17, 15) is 52.7 Å². The second-order valence-corrected chi connectivity index (χ2v) is 38.3. The fraction of sp³-hybridized carbons (Fsp3) is 0.0874. The molecule has 147 heavy (non-hydrogen) atoms. The number of aromatic nitrogens is 4. The van der Waals surface area contributed by atoms with Crippen LogP contribution in [0.15, 0.2) is 350 Å². The topological polar surface area (TPSA) is 329 Å². The van der Waals surface area contributed by atoms with Crippen LogP contribution in [0, 0.1) is 0 Å². The third-order valence-corrected chi connectivity index (χ3v) is 23.7. The van der Waals surface area contributed by atoms with Crippen LogP contribution >= 0.6 is 69.6 Å². The maximum absolute atomic E-state index is 10.7. The van der Waals surface area contributed by atoms with Crippen molar-refractivity contribution in [2.75, 3.05) is 26.7 Å². The molecule has 4 aromatic heterocycles. The second-order valence-electron chi connectivity index (χ2n) is 30.4. The molecule has 0 atom stereocenters. The summed E-state index contributed by atoms with van der Waals surface area (Å²) in [5.41, 5.74) is -6.76. The van der Waals surface area contributed by atoms with Crippen molar-refractivity contribution in [1.29, 1.82) is 0 Å². The number of pyridine rings is 4. The minimum Gasteiger partial charge on any atom is -0.741 e. The van der Waals surface area contributed by atoms with E-state index in [1.165, 1.54) is 43.1 Å². The van der Waals surface area contributed by atoms with Crippen molar-refractivity contribution >= 4 is 275 Å². The molecule has 20 aromatic rings. The predicted octanol–water partition coefficient (Wildman–Crippen LogP) is 29.3. The van der Waals surface area contributed by atoms with Crippen LogP contribution in [0.3, 0.4) is 0 Å². The molecule has 0 fully saturated rings. The zero-order chi connectivity index (χ0) is 105. The Kier molecular flexibility index (Phi) is 40.7. The molecule has 4 heterocycles. The number of rotatable bonds is 12. The zero-order valence-corrected chi connectivity index (χ0v) is 89.2. The van der Waals surface area contributed by atoms with Crippen molar-refractivity contribution in [3.8, 4) is 22.3 Å².